The number of non-ortho nitro benzene ring substituents is 1. The molecule has 8 nitrogen and oxygen atoms in total. The van der Waals surface area contributed by atoms with Gasteiger partial charge < -0.3 is 10.1 Å². The van der Waals surface area contributed by atoms with Crippen LogP contribution in [-0.2, 0) is 0 Å². The Kier molecular flexibility index (Phi) is 6.93. The van der Waals surface area contributed by atoms with Crippen molar-refractivity contribution in [2.45, 2.75) is 20.8 Å². The van der Waals surface area contributed by atoms with Crippen LogP contribution in [0.4, 0.5) is 11.4 Å². The lowest BCUT2D eigenvalue weighted by Gasteiger charge is -2.13. The van der Waals surface area contributed by atoms with E-state index in [-0.39, 0.29) is 17.1 Å². The molecule has 4 aromatic carbocycles. The molecule has 0 spiro atoms. The standard InChI is InChI=1S/C31H26N4O4/c1-20-14-21(2)22(3)29(15-20)39-27-17-24(16-26(18-27)35(37)38)32-31(36)28-19-34(25-12-8-5-9-13-25)33-30(28)23-10-6-4-7-11-23/h4-19H,1-3H3,(H,32,36). The predicted molar refractivity (Wildman–Crippen MR) is 151 cm³/mol. The third-order valence-corrected chi connectivity index (χ3v) is 6.38. The molecule has 0 aliphatic heterocycles. The van der Waals surface area contributed by atoms with Gasteiger partial charge in [0.15, 0.2) is 0 Å². The number of para-hydroxylation sites is 1. The Morgan fingerprint density at radius 3 is 2.31 bits per heavy atom. The third kappa shape index (κ3) is 5.55. The number of carbonyl (C=O) groups is 1. The fourth-order valence-corrected chi connectivity index (χ4v) is 4.31. The molecule has 1 N–H and O–H groups in total. The summed E-state index contributed by atoms with van der Waals surface area (Å²) in [6.07, 6.45) is 1.65. The minimum atomic E-state index is -0.514. The van der Waals surface area contributed by atoms with Gasteiger partial charge in [-0.2, -0.15) is 5.10 Å². The molecule has 5 aromatic rings. The largest absolute Gasteiger partial charge is 0.457 e. The van der Waals surface area contributed by atoms with Crippen molar-refractivity contribution in [1.82, 2.24) is 9.78 Å². The number of anilines is 1. The maximum Gasteiger partial charge on any atom is 0.275 e. The first-order valence-corrected chi connectivity index (χ1v) is 12.4. The lowest BCUT2D eigenvalue weighted by Crippen LogP contribution is -2.12. The van der Waals surface area contributed by atoms with Crippen molar-refractivity contribution >= 4 is 17.3 Å². The lowest BCUT2D eigenvalue weighted by atomic mass is 10.1. The molecule has 5 rings (SSSR count). The van der Waals surface area contributed by atoms with Crippen LogP contribution >= 0.6 is 0 Å². The van der Waals surface area contributed by atoms with Crippen LogP contribution in [0.25, 0.3) is 16.9 Å². The number of nitrogens with zero attached hydrogens (tertiary/aromatic N) is 3. The molecule has 0 saturated heterocycles. The summed E-state index contributed by atoms with van der Waals surface area (Å²) in [7, 11) is 0. The van der Waals surface area contributed by atoms with Gasteiger partial charge in [0.05, 0.1) is 27.9 Å². The van der Waals surface area contributed by atoms with Gasteiger partial charge in [0, 0.05) is 23.9 Å². The SMILES string of the molecule is Cc1cc(C)c(C)c(Oc2cc(NC(=O)c3cn(-c4ccccc4)nc3-c3ccccc3)cc([N+](=O)[O-])c2)c1. The van der Waals surface area contributed by atoms with Gasteiger partial charge in [-0.05, 0) is 55.7 Å². The van der Waals surface area contributed by atoms with Crippen molar-refractivity contribution in [2.75, 3.05) is 5.32 Å². The molecular formula is C31H26N4O4. The molecule has 0 saturated carbocycles. The van der Waals surface area contributed by atoms with Crippen LogP contribution in [0.2, 0.25) is 0 Å². The Morgan fingerprint density at radius 2 is 1.62 bits per heavy atom. The summed E-state index contributed by atoms with van der Waals surface area (Å²) in [5, 5.41) is 19.2. The molecule has 0 atom stereocenters. The number of carbonyl (C=O) groups excluding carboxylic acids is 1. The Labute approximate surface area is 225 Å². The van der Waals surface area contributed by atoms with E-state index in [4.69, 9.17) is 4.74 Å². The first kappa shape index (κ1) is 25.4. The van der Waals surface area contributed by atoms with Crippen molar-refractivity contribution in [3.63, 3.8) is 0 Å². The topological polar surface area (TPSA) is 99.3 Å². The molecule has 1 heterocycles. The van der Waals surface area contributed by atoms with Crippen LogP contribution in [0, 0.1) is 30.9 Å². The Morgan fingerprint density at radius 1 is 0.923 bits per heavy atom. The van der Waals surface area contributed by atoms with E-state index in [2.05, 4.69) is 10.4 Å². The maximum atomic E-state index is 13.6. The van der Waals surface area contributed by atoms with Gasteiger partial charge in [-0.3, -0.25) is 14.9 Å². The number of aromatic nitrogens is 2. The van der Waals surface area contributed by atoms with Crippen molar-refractivity contribution in [1.29, 1.82) is 0 Å². The molecule has 0 aliphatic rings. The van der Waals surface area contributed by atoms with Gasteiger partial charge in [-0.1, -0.05) is 54.6 Å². The average Bonchev–Trinajstić information content (AvgIpc) is 3.38. The van der Waals surface area contributed by atoms with E-state index in [1.807, 2.05) is 93.6 Å². The van der Waals surface area contributed by atoms with Crippen molar-refractivity contribution < 1.29 is 14.5 Å². The number of nitro groups is 1. The molecule has 1 amide bonds. The molecule has 0 aliphatic carbocycles. The number of ether oxygens (including phenoxy) is 1. The molecule has 0 bridgehead atoms. The zero-order chi connectivity index (χ0) is 27.5. The molecule has 1 aromatic heterocycles. The van der Waals surface area contributed by atoms with Crippen molar-refractivity contribution in [3.8, 4) is 28.4 Å². The second kappa shape index (κ2) is 10.6. The van der Waals surface area contributed by atoms with E-state index in [1.54, 1.807) is 16.9 Å². The van der Waals surface area contributed by atoms with Gasteiger partial charge in [-0.25, -0.2) is 4.68 Å². The monoisotopic (exact) mass is 518 g/mol. The molecule has 0 fully saturated rings. The predicted octanol–water partition coefficient (Wildman–Crippen LogP) is 7.42. The van der Waals surface area contributed by atoms with E-state index in [9.17, 15) is 14.9 Å². The number of nitrogens with one attached hydrogen (secondary N) is 1. The Balaban J connectivity index is 1.52. The number of aryl methyl sites for hydroxylation is 2. The van der Waals surface area contributed by atoms with Crippen LogP contribution < -0.4 is 10.1 Å². The number of amides is 1. The number of rotatable bonds is 7. The Bertz CT molecular complexity index is 1680. The summed E-state index contributed by atoms with van der Waals surface area (Å²) in [4.78, 5) is 24.8. The molecular weight excluding hydrogens is 492 g/mol. The summed E-state index contributed by atoms with van der Waals surface area (Å²) in [5.41, 5.74) is 5.40. The number of hydrogen-bond acceptors (Lipinski definition) is 5. The fraction of sp³-hybridized carbons (Fsp3) is 0.0968. The van der Waals surface area contributed by atoms with E-state index >= 15 is 0 Å². The zero-order valence-electron chi connectivity index (χ0n) is 21.7. The molecule has 0 unspecified atom stereocenters. The number of nitro benzene ring substituents is 1. The minimum Gasteiger partial charge on any atom is -0.457 e. The van der Waals surface area contributed by atoms with E-state index in [0.717, 1.165) is 27.9 Å². The summed E-state index contributed by atoms with van der Waals surface area (Å²) < 4.78 is 7.71. The van der Waals surface area contributed by atoms with Gasteiger partial charge in [-0.15, -0.1) is 0 Å². The van der Waals surface area contributed by atoms with Gasteiger partial charge in [0.25, 0.3) is 11.6 Å². The first-order valence-electron chi connectivity index (χ1n) is 12.4. The highest BCUT2D eigenvalue weighted by atomic mass is 16.6. The second-order valence-corrected chi connectivity index (χ2v) is 9.27. The van der Waals surface area contributed by atoms with Crippen LogP contribution in [0.3, 0.4) is 0 Å². The van der Waals surface area contributed by atoms with Crippen LogP contribution in [0.1, 0.15) is 27.0 Å². The van der Waals surface area contributed by atoms with E-state index in [1.165, 1.54) is 12.1 Å². The van der Waals surface area contributed by atoms with Crippen LogP contribution in [0.15, 0.2) is 97.2 Å². The van der Waals surface area contributed by atoms with Crippen LogP contribution in [0.5, 0.6) is 11.5 Å². The summed E-state index contributed by atoms with van der Waals surface area (Å²) in [6.45, 7) is 5.87. The molecule has 8 heteroatoms. The fourth-order valence-electron chi connectivity index (χ4n) is 4.31. The minimum absolute atomic E-state index is 0.201. The van der Waals surface area contributed by atoms with Crippen molar-refractivity contribution in [3.05, 3.63) is 130 Å². The second-order valence-electron chi connectivity index (χ2n) is 9.27. The molecule has 194 valence electrons. The van der Waals surface area contributed by atoms with Crippen LogP contribution in [-0.4, -0.2) is 20.6 Å². The lowest BCUT2D eigenvalue weighted by molar-refractivity contribution is -0.384. The molecule has 39 heavy (non-hydrogen) atoms. The maximum absolute atomic E-state index is 13.6. The van der Waals surface area contributed by atoms with Gasteiger partial charge >= 0.3 is 0 Å². The highest BCUT2D eigenvalue weighted by molar-refractivity contribution is 6.08. The summed E-state index contributed by atoms with van der Waals surface area (Å²) in [5.74, 6) is 0.390. The van der Waals surface area contributed by atoms with Crippen molar-refractivity contribution in [2.24, 2.45) is 0 Å². The Hall–Kier alpha value is -5.24. The first-order chi connectivity index (χ1) is 18.8. The van der Waals surface area contributed by atoms with E-state index in [0.29, 0.717) is 17.0 Å². The third-order valence-electron chi connectivity index (χ3n) is 6.38. The number of benzene rings is 4. The summed E-state index contributed by atoms with van der Waals surface area (Å²) in [6, 6.07) is 27.0. The quantitative estimate of drug-likeness (QED) is 0.179. The average molecular weight is 519 g/mol. The smallest absolute Gasteiger partial charge is 0.275 e. The number of hydrogen-bond donors (Lipinski definition) is 1. The normalized spacial score (nSPS) is 10.7. The van der Waals surface area contributed by atoms with Gasteiger partial charge in [0.1, 0.15) is 17.2 Å². The highest BCUT2D eigenvalue weighted by Gasteiger charge is 2.21. The molecule has 0 radical (unpaired) electrons. The zero-order valence-corrected chi connectivity index (χ0v) is 21.7. The summed E-state index contributed by atoms with van der Waals surface area (Å²) >= 11 is 0. The van der Waals surface area contributed by atoms with E-state index < -0.39 is 10.8 Å². The highest BCUT2D eigenvalue weighted by Crippen LogP contribution is 2.33. The van der Waals surface area contributed by atoms with Gasteiger partial charge in [0.2, 0.25) is 0 Å².